The van der Waals surface area contributed by atoms with Crippen LogP contribution in [0.2, 0.25) is 0 Å². The van der Waals surface area contributed by atoms with Gasteiger partial charge in [0.1, 0.15) is 11.5 Å². The Kier molecular flexibility index (Phi) is 5.30. The van der Waals surface area contributed by atoms with Crippen LogP contribution in [0.3, 0.4) is 0 Å². The number of rotatable bonds is 5. The molecule has 2 aromatic carbocycles. The van der Waals surface area contributed by atoms with Gasteiger partial charge in [-0.2, -0.15) is 5.26 Å². The van der Waals surface area contributed by atoms with E-state index in [4.69, 9.17) is 5.26 Å². The first-order chi connectivity index (χ1) is 12.7. The maximum atomic E-state index is 13.5. The lowest BCUT2D eigenvalue weighted by molar-refractivity contribution is 0.0723. The van der Waals surface area contributed by atoms with E-state index >= 15 is 0 Å². The van der Waals surface area contributed by atoms with Crippen LogP contribution in [0, 0.1) is 17.1 Å². The molecule has 3 aromatic rings. The van der Waals surface area contributed by atoms with E-state index in [1.165, 1.54) is 30.7 Å². The van der Waals surface area contributed by atoms with E-state index in [1.54, 1.807) is 41.3 Å². The molecular weight excluding hydrogens is 331 g/mol. The molecule has 1 aromatic heterocycles. The molecule has 0 unspecified atom stereocenters. The number of carbonyl (C=O) groups excluding carboxylic acids is 1. The number of nitriles is 1. The normalized spacial score (nSPS) is 10.2. The summed E-state index contributed by atoms with van der Waals surface area (Å²) in [4.78, 5) is 22.4. The van der Waals surface area contributed by atoms with Crippen molar-refractivity contribution in [2.75, 3.05) is 0 Å². The highest BCUT2D eigenvalue weighted by molar-refractivity contribution is 5.91. The zero-order valence-electron chi connectivity index (χ0n) is 13.8. The molecule has 0 aliphatic rings. The summed E-state index contributed by atoms with van der Waals surface area (Å²) in [5.41, 5.74) is 2.30. The van der Waals surface area contributed by atoms with E-state index in [0.29, 0.717) is 17.7 Å². The molecule has 0 N–H and O–H groups in total. The molecule has 5 nitrogen and oxygen atoms in total. The molecule has 0 saturated carbocycles. The Morgan fingerprint density at radius 2 is 1.85 bits per heavy atom. The Hall–Kier alpha value is -3.59. The molecule has 128 valence electrons. The minimum absolute atomic E-state index is 0.220. The third kappa shape index (κ3) is 4.28. The van der Waals surface area contributed by atoms with Gasteiger partial charge in [-0.05, 0) is 35.4 Å². The van der Waals surface area contributed by atoms with Gasteiger partial charge in [0.2, 0.25) is 0 Å². The fourth-order valence-electron chi connectivity index (χ4n) is 2.53. The van der Waals surface area contributed by atoms with Crippen molar-refractivity contribution in [3.05, 3.63) is 95.3 Å². The molecule has 0 bridgehead atoms. The molecule has 3 rings (SSSR count). The summed E-state index contributed by atoms with van der Waals surface area (Å²) in [5, 5.41) is 8.90. The molecule has 26 heavy (non-hydrogen) atoms. The lowest BCUT2D eigenvalue weighted by Gasteiger charge is -2.22. The molecular formula is C20H15FN4O. The largest absolute Gasteiger partial charge is 0.329 e. The average molecular weight is 346 g/mol. The predicted molar refractivity (Wildman–Crippen MR) is 93.2 cm³/mol. The van der Waals surface area contributed by atoms with Gasteiger partial charge in [0, 0.05) is 25.5 Å². The SMILES string of the molecule is N#Cc1ccc(CN(Cc2cccc(F)c2)C(=O)c2cnccn2)cc1. The molecule has 0 saturated heterocycles. The monoisotopic (exact) mass is 346 g/mol. The number of benzene rings is 2. The Morgan fingerprint density at radius 3 is 2.50 bits per heavy atom. The van der Waals surface area contributed by atoms with E-state index in [2.05, 4.69) is 16.0 Å². The van der Waals surface area contributed by atoms with Crippen LogP contribution in [0.15, 0.2) is 67.1 Å². The van der Waals surface area contributed by atoms with Crippen molar-refractivity contribution >= 4 is 5.91 Å². The van der Waals surface area contributed by atoms with Crippen molar-refractivity contribution in [1.82, 2.24) is 14.9 Å². The van der Waals surface area contributed by atoms with Gasteiger partial charge in [0.15, 0.2) is 0 Å². The highest BCUT2D eigenvalue weighted by atomic mass is 19.1. The summed E-state index contributed by atoms with van der Waals surface area (Å²) in [6.45, 7) is 0.533. The van der Waals surface area contributed by atoms with Crippen molar-refractivity contribution in [2.45, 2.75) is 13.1 Å². The molecule has 6 heteroatoms. The summed E-state index contributed by atoms with van der Waals surface area (Å²) in [7, 11) is 0. The minimum Gasteiger partial charge on any atom is -0.329 e. The topological polar surface area (TPSA) is 69.9 Å². The van der Waals surface area contributed by atoms with Gasteiger partial charge in [0.25, 0.3) is 5.91 Å². The molecule has 0 aliphatic heterocycles. The molecule has 0 atom stereocenters. The molecule has 0 aliphatic carbocycles. The van der Waals surface area contributed by atoms with Crippen LogP contribution in [-0.4, -0.2) is 20.8 Å². The third-order valence-corrected chi connectivity index (χ3v) is 3.79. The van der Waals surface area contributed by atoms with E-state index in [9.17, 15) is 9.18 Å². The van der Waals surface area contributed by atoms with Crippen LogP contribution in [-0.2, 0) is 13.1 Å². The van der Waals surface area contributed by atoms with Crippen LogP contribution < -0.4 is 0 Å². The number of hydrogen-bond donors (Lipinski definition) is 0. The number of amides is 1. The summed E-state index contributed by atoms with van der Waals surface area (Å²) in [6, 6.07) is 15.2. The predicted octanol–water partition coefficient (Wildman–Crippen LogP) is 3.33. The quantitative estimate of drug-likeness (QED) is 0.710. The summed E-state index contributed by atoms with van der Waals surface area (Å²) >= 11 is 0. The van der Waals surface area contributed by atoms with Crippen molar-refractivity contribution in [1.29, 1.82) is 5.26 Å². The van der Waals surface area contributed by atoms with Crippen LogP contribution in [0.5, 0.6) is 0 Å². The molecule has 0 fully saturated rings. The zero-order chi connectivity index (χ0) is 18.4. The Labute approximate surface area is 150 Å². The van der Waals surface area contributed by atoms with Crippen molar-refractivity contribution in [3.63, 3.8) is 0 Å². The first-order valence-corrected chi connectivity index (χ1v) is 7.94. The zero-order valence-corrected chi connectivity index (χ0v) is 13.8. The first kappa shape index (κ1) is 17.2. The highest BCUT2D eigenvalue weighted by Crippen LogP contribution is 2.14. The summed E-state index contributed by atoms with van der Waals surface area (Å²) < 4.78 is 13.5. The van der Waals surface area contributed by atoms with Gasteiger partial charge >= 0.3 is 0 Å². The van der Waals surface area contributed by atoms with Crippen molar-refractivity contribution in [3.8, 4) is 6.07 Å². The van der Waals surface area contributed by atoms with Gasteiger partial charge in [0.05, 0.1) is 17.8 Å². The standard InChI is InChI=1S/C20H15FN4O/c21-18-3-1-2-17(10-18)14-25(20(26)19-12-23-8-9-24-19)13-16-6-4-15(11-22)5-7-16/h1-10,12H,13-14H2. The fourth-order valence-corrected chi connectivity index (χ4v) is 2.53. The van der Waals surface area contributed by atoms with Crippen LogP contribution in [0.4, 0.5) is 4.39 Å². The summed E-state index contributed by atoms with van der Waals surface area (Å²) in [5.74, 6) is -0.653. The van der Waals surface area contributed by atoms with Crippen molar-refractivity contribution in [2.24, 2.45) is 0 Å². The maximum absolute atomic E-state index is 13.5. The molecule has 0 radical (unpaired) electrons. The van der Waals surface area contributed by atoms with Gasteiger partial charge in [-0.15, -0.1) is 0 Å². The second-order valence-corrected chi connectivity index (χ2v) is 5.69. The number of hydrogen-bond acceptors (Lipinski definition) is 4. The fraction of sp³-hybridized carbons (Fsp3) is 0.100. The smallest absolute Gasteiger partial charge is 0.274 e. The first-order valence-electron chi connectivity index (χ1n) is 7.94. The van der Waals surface area contributed by atoms with Crippen LogP contribution in [0.1, 0.15) is 27.2 Å². The van der Waals surface area contributed by atoms with Gasteiger partial charge in [-0.25, -0.2) is 9.37 Å². The number of nitrogens with zero attached hydrogens (tertiary/aromatic N) is 4. The van der Waals surface area contributed by atoms with Crippen LogP contribution in [0.25, 0.3) is 0 Å². The number of halogens is 1. The maximum Gasteiger partial charge on any atom is 0.274 e. The Balaban J connectivity index is 1.87. The van der Waals surface area contributed by atoms with E-state index in [1.807, 2.05) is 0 Å². The molecule has 1 amide bonds. The number of carbonyl (C=O) groups is 1. The lowest BCUT2D eigenvalue weighted by atomic mass is 10.1. The summed E-state index contributed by atoms with van der Waals surface area (Å²) in [6.07, 6.45) is 4.35. The Bertz CT molecular complexity index is 936. The molecule has 1 heterocycles. The highest BCUT2D eigenvalue weighted by Gasteiger charge is 2.18. The molecule has 0 spiro atoms. The van der Waals surface area contributed by atoms with E-state index < -0.39 is 0 Å². The van der Waals surface area contributed by atoms with Gasteiger partial charge in [-0.1, -0.05) is 24.3 Å². The minimum atomic E-state index is -0.354. The average Bonchev–Trinajstić information content (AvgIpc) is 2.68. The second-order valence-electron chi connectivity index (χ2n) is 5.69. The third-order valence-electron chi connectivity index (χ3n) is 3.79. The Morgan fingerprint density at radius 1 is 1.08 bits per heavy atom. The number of aromatic nitrogens is 2. The van der Waals surface area contributed by atoms with Gasteiger partial charge in [-0.3, -0.25) is 9.78 Å². The van der Waals surface area contributed by atoms with Crippen LogP contribution >= 0.6 is 0 Å². The second kappa shape index (κ2) is 7.99. The van der Waals surface area contributed by atoms with Gasteiger partial charge < -0.3 is 4.90 Å². The van der Waals surface area contributed by atoms with Crippen molar-refractivity contribution < 1.29 is 9.18 Å². The van der Waals surface area contributed by atoms with E-state index in [0.717, 1.165) is 5.56 Å². The van der Waals surface area contributed by atoms with E-state index in [-0.39, 0.29) is 24.0 Å². The lowest BCUT2D eigenvalue weighted by Crippen LogP contribution is -2.31.